The second-order valence-corrected chi connectivity index (χ2v) is 4.83. The molecule has 2 N–H and O–H groups in total. The van der Waals surface area contributed by atoms with Gasteiger partial charge in [0.1, 0.15) is 5.75 Å². The quantitative estimate of drug-likeness (QED) is 0.862. The summed E-state index contributed by atoms with van der Waals surface area (Å²) in [6, 6.07) is 5.76. The fourth-order valence-electron chi connectivity index (χ4n) is 2.46. The number of aromatic amines is 1. The van der Waals surface area contributed by atoms with Crippen molar-refractivity contribution in [3.05, 3.63) is 30.0 Å². The standard InChI is InChI=1S/C14H16N2O3/c1-19-12-4-2-3-11-14(12)9(6-15-11)5-13(18)16-7-10(17)8-16/h2-4,6,10,15,17H,5,7-8H2,1H3. The maximum absolute atomic E-state index is 12.0. The van der Waals surface area contributed by atoms with Gasteiger partial charge in [-0.3, -0.25) is 4.79 Å². The topological polar surface area (TPSA) is 65.6 Å². The van der Waals surface area contributed by atoms with Crippen molar-refractivity contribution < 1.29 is 14.6 Å². The number of β-amino-alcohol motifs (C(OH)–C–C–N with tert-alkyl or cyclic N) is 1. The van der Waals surface area contributed by atoms with E-state index in [0.717, 1.165) is 22.2 Å². The fourth-order valence-corrected chi connectivity index (χ4v) is 2.46. The number of ether oxygens (including phenoxy) is 1. The van der Waals surface area contributed by atoms with Crippen LogP contribution in [-0.2, 0) is 11.2 Å². The first-order chi connectivity index (χ1) is 9.19. The Labute approximate surface area is 110 Å². The van der Waals surface area contributed by atoms with Gasteiger partial charge in [-0.1, -0.05) is 6.07 Å². The smallest absolute Gasteiger partial charge is 0.227 e. The van der Waals surface area contributed by atoms with E-state index in [0.29, 0.717) is 19.5 Å². The number of rotatable bonds is 3. The van der Waals surface area contributed by atoms with Crippen LogP contribution in [0.2, 0.25) is 0 Å². The maximum atomic E-state index is 12.0. The minimum absolute atomic E-state index is 0.0390. The molecule has 0 aliphatic carbocycles. The van der Waals surface area contributed by atoms with Gasteiger partial charge in [-0.25, -0.2) is 0 Å². The van der Waals surface area contributed by atoms with Gasteiger partial charge < -0.3 is 19.7 Å². The van der Waals surface area contributed by atoms with E-state index in [1.165, 1.54) is 0 Å². The zero-order valence-electron chi connectivity index (χ0n) is 10.7. The Balaban J connectivity index is 1.86. The lowest BCUT2D eigenvalue weighted by Crippen LogP contribution is -2.53. The van der Waals surface area contributed by atoms with Crippen LogP contribution in [0.4, 0.5) is 0 Å². The predicted octanol–water partition coefficient (Wildman–Crippen LogP) is 0.922. The molecule has 2 aromatic rings. The van der Waals surface area contributed by atoms with E-state index in [1.54, 1.807) is 12.0 Å². The minimum atomic E-state index is -0.360. The number of carbonyl (C=O) groups is 1. The Hall–Kier alpha value is -2.01. The molecule has 3 rings (SSSR count). The van der Waals surface area contributed by atoms with Crippen LogP contribution in [0.25, 0.3) is 10.9 Å². The summed E-state index contributed by atoms with van der Waals surface area (Å²) in [7, 11) is 1.62. The summed E-state index contributed by atoms with van der Waals surface area (Å²) < 4.78 is 5.34. The first-order valence-electron chi connectivity index (χ1n) is 6.28. The molecule has 1 amide bonds. The third kappa shape index (κ3) is 2.06. The van der Waals surface area contributed by atoms with E-state index in [-0.39, 0.29) is 12.0 Å². The molecule has 0 unspecified atom stereocenters. The third-order valence-corrected chi connectivity index (χ3v) is 3.53. The minimum Gasteiger partial charge on any atom is -0.496 e. The second kappa shape index (κ2) is 4.59. The Bertz CT molecular complexity index is 614. The molecule has 0 atom stereocenters. The largest absolute Gasteiger partial charge is 0.496 e. The monoisotopic (exact) mass is 260 g/mol. The summed E-state index contributed by atoms with van der Waals surface area (Å²) in [5.74, 6) is 0.808. The van der Waals surface area contributed by atoms with Crippen LogP contribution >= 0.6 is 0 Å². The van der Waals surface area contributed by atoms with Crippen molar-refractivity contribution in [2.75, 3.05) is 20.2 Å². The molecule has 5 nitrogen and oxygen atoms in total. The molecule has 1 aliphatic rings. The van der Waals surface area contributed by atoms with Crippen LogP contribution in [-0.4, -0.2) is 47.2 Å². The summed E-state index contributed by atoms with van der Waals surface area (Å²) in [5, 5.41) is 10.2. The van der Waals surface area contributed by atoms with Crippen molar-refractivity contribution in [3.63, 3.8) is 0 Å². The highest BCUT2D eigenvalue weighted by Gasteiger charge is 2.29. The highest BCUT2D eigenvalue weighted by atomic mass is 16.5. The number of aliphatic hydroxyl groups is 1. The Kier molecular flexibility index (Phi) is 2.91. The molecule has 100 valence electrons. The first-order valence-corrected chi connectivity index (χ1v) is 6.28. The van der Waals surface area contributed by atoms with E-state index < -0.39 is 0 Å². The van der Waals surface area contributed by atoms with Crippen molar-refractivity contribution in [2.45, 2.75) is 12.5 Å². The van der Waals surface area contributed by atoms with E-state index in [2.05, 4.69) is 4.98 Å². The number of nitrogens with one attached hydrogen (secondary N) is 1. The second-order valence-electron chi connectivity index (χ2n) is 4.83. The van der Waals surface area contributed by atoms with Crippen LogP contribution in [0, 0.1) is 0 Å². The summed E-state index contributed by atoms with van der Waals surface area (Å²) in [4.78, 5) is 16.9. The molecule has 1 aromatic heterocycles. The van der Waals surface area contributed by atoms with Gasteiger partial charge in [-0.05, 0) is 17.7 Å². The van der Waals surface area contributed by atoms with Gasteiger partial charge in [0.05, 0.1) is 19.6 Å². The van der Waals surface area contributed by atoms with E-state index in [1.807, 2.05) is 24.4 Å². The zero-order chi connectivity index (χ0) is 13.4. The van der Waals surface area contributed by atoms with Gasteiger partial charge in [-0.15, -0.1) is 0 Å². The fraction of sp³-hybridized carbons (Fsp3) is 0.357. The normalized spacial score (nSPS) is 15.6. The third-order valence-electron chi connectivity index (χ3n) is 3.53. The number of carbonyl (C=O) groups excluding carboxylic acids is 1. The molecular weight excluding hydrogens is 244 g/mol. The molecule has 1 aromatic carbocycles. The van der Waals surface area contributed by atoms with Gasteiger partial charge in [0.15, 0.2) is 0 Å². The number of amides is 1. The number of hydrogen-bond acceptors (Lipinski definition) is 3. The molecule has 0 saturated carbocycles. The number of benzene rings is 1. The average molecular weight is 260 g/mol. The molecule has 0 spiro atoms. The lowest BCUT2D eigenvalue weighted by Gasteiger charge is -2.35. The SMILES string of the molecule is COc1cccc2[nH]cc(CC(=O)N3CC(O)C3)c12. The Morgan fingerprint density at radius 3 is 3.00 bits per heavy atom. The van der Waals surface area contributed by atoms with E-state index in [4.69, 9.17) is 4.74 Å². The number of nitrogens with zero attached hydrogens (tertiary/aromatic N) is 1. The van der Waals surface area contributed by atoms with Crippen LogP contribution < -0.4 is 4.74 Å². The number of aromatic nitrogens is 1. The number of hydrogen-bond donors (Lipinski definition) is 2. The number of aliphatic hydroxyl groups excluding tert-OH is 1. The molecule has 5 heteroatoms. The maximum Gasteiger partial charge on any atom is 0.227 e. The average Bonchev–Trinajstić information content (AvgIpc) is 2.78. The molecule has 0 radical (unpaired) electrons. The lowest BCUT2D eigenvalue weighted by molar-refractivity contribution is -0.140. The van der Waals surface area contributed by atoms with Gasteiger partial charge in [0.2, 0.25) is 5.91 Å². The number of fused-ring (bicyclic) bond motifs is 1. The Morgan fingerprint density at radius 1 is 1.53 bits per heavy atom. The van der Waals surface area contributed by atoms with Crippen molar-refractivity contribution >= 4 is 16.8 Å². The van der Waals surface area contributed by atoms with Crippen LogP contribution in [0.3, 0.4) is 0 Å². The van der Waals surface area contributed by atoms with Crippen molar-refractivity contribution in [2.24, 2.45) is 0 Å². The number of methoxy groups -OCH3 is 1. The van der Waals surface area contributed by atoms with Gasteiger partial charge in [-0.2, -0.15) is 0 Å². The summed E-state index contributed by atoms with van der Waals surface area (Å²) >= 11 is 0. The van der Waals surface area contributed by atoms with Gasteiger partial charge >= 0.3 is 0 Å². The van der Waals surface area contributed by atoms with Gasteiger partial charge in [0, 0.05) is 30.2 Å². The van der Waals surface area contributed by atoms with E-state index in [9.17, 15) is 9.90 Å². The first kappa shape index (κ1) is 12.0. The summed E-state index contributed by atoms with van der Waals surface area (Å²) in [5.41, 5.74) is 1.89. The summed E-state index contributed by atoms with van der Waals surface area (Å²) in [6.07, 6.45) is 1.82. The molecular formula is C14H16N2O3. The highest BCUT2D eigenvalue weighted by Crippen LogP contribution is 2.29. The predicted molar refractivity (Wildman–Crippen MR) is 71.1 cm³/mol. The zero-order valence-corrected chi connectivity index (χ0v) is 10.7. The number of H-pyrrole nitrogens is 1. The van der Waals surface area contributed by atoms with Crippen molar-refractivity contribution in [1.82, 2.24) is 9.88 Å². The van der Waals surface area contributed by atoms with Crippen molar-refractivity contribution in [1.29, 1.82) is 0 Å². The van der Waals surface area contributed by atoms with Crippen LogP contribution in [0.15, 0.2) is 24.4 Å². The molecule has 1 saturated heterocycles. The number of likely N-dealkylation sites (tertiary alicyclic amines) is 1. The molecule has 2 heterocycles. The highest BCUT2D eigenvalue weighted by molar-refractivity contribution is 5.93. The molecule has 1 aliphatic heterocycles. The van der Waals surface area contributed by atoms with Crippen LogP contribution in [0.5, 0.6) is 5.75 Å². The molecule has 1 fully saturated rings. The summed E-state index contributed by atoms with van der Waals surface area (Å²) in [6.45, 7) is 0.886. The Morgan fingerprint density at radius 2 is 2.32 bits per heavy atom. The van der Waals surface area contributed by atoms with E-state index >= 15 is 0 Å². The van der Waals surface area contributed by atoms with Gasteiger partial charge in [0.25, 0.3) is 0 Å². The molecule has 19 heavy (non-hydrogen) atoms. The molecule has 0 bridgehead atoms. The van der Waals surface area contributed by atoms with Crippen molar-refractivity contribution in [3.8, 4) is 5.75 Å². The lowest BCUT2D eigenvalue weighted by atomic mass is 10.1. The van der Waals surface area contributed by atoms with Crippen LogP contribution in [0.1, 0.15) is 5.56 Å².